The molecule has 1 saturated heterocycles. The second-order valence-corrected chi connectivity index (χ2v) is 5.20. The number of hydrogen-bond donors (Lipinski definition) is 2. The average Bonchev–Trinajstić information content (AvgIpc) is 2.75. The van der Waals surface area contributed by atoms with Crippen LogP contribution >= 0.6 is 15.9 Å². The number of hydrogen-bond acceptors (Lipinski definition) is 3. The van der Waals surface area contributed by atoms with Crippen LogP contribution in [0.3, 0.4) is 0 Å². The molecule has 0 amide bonds. The minimum atomic E-state index is 0.394. The molecule has 1 aromatic carbocycles. The highest BCUT2D eigenvalue weighted by Gasteiger charge is 2.22. The molecular formula is C12H17BrN2O. The summed E-state index contributed by atoms with van der Waals surface area (Å²) in [5, 5.41) is 3.45. The van der Waals surface area contributed by atoms with Crippen molar-refractivity contribution < 1.29 is 4.74 Å². The molecule has 0 bridgehead atoms. The SMILES string of the molecule is CC(Nc1ccc(Br)cc1N)C1CCOC1. The van der Waals surface area contributed by atoms with Crippen LogP contribution in [0.15, 0.2) is 22.7 Å². The van der Waals surface area contributed by atoms with Gasteiger partial charge in [0.25, 0.3) is 0 Å². The van der Waals surface area contributed by atoms with Crippen LogP contribution in [-0.2, 0) is 4.74 Å². The zero-order valence-corrected chi connectivity index (χ0v) is 11.0. The molecule has 1 aromatic rings. The van der Waals surface area contributed by atoms with Gasteiger partial charge in [0, 0.05) is 23.0 Å². The first-order valence-corrected chi connectivity index (χ1v) is 6.35. The molecule has 0 radical (unpaired) electrons. The zero-order chi connectivity index (χ0) is 11.5. The number of nitrogens with two attached hydrogens (primary N) is 1. The van der Waals surface area contributed by atoms with E-state index in [0.29, 0.717) is 12.0 Å². The Balaban J connectivity index is 2.02. The summed E-state index contributed by atoms with van der Waals surface area (Å²) in [6.07, 6.45) is 1.13. The van der Waals surface area contributed by atoms with Crippen molar-refractivity contribution in [2.75, 3.05) is 24.3 Å². The van der Waals surface area contributed by atoms with Gasteiger partial charge in [0.2, 0.25) is 0 Å². The average molecular weight is 285 g/mol. The van der Waals surface area contributed by atoms with Crippen molar-refractivity contribution in [3.8, 4) is 0 Å². The van der Waals surface area contributed by atoms with E-state index in [-0.39, 0.29) is 0 Å². The molecule has 0 aliphatic carbocycles. The summed E-state index contributed by atoms with van der Waals surface area (Å²) in [5.74, 6) is 0.586. The summed E-state index contributed by atoms with van der Waals surface area (Å²) in [7, 11) is 0. The molecule has 16 heavy (non-hydrogen) atoms. The van der Waals surface area contributed by atoms with Gasteiger partial charge in [0.15, 0.2) is 0 Å². The molecule has 3 nitrogen and oxygen atoms in total. The Bertz CT molecular complexity index is 364. The topological polar surface area (TPSA) is 47.3 Å². The Hall–Kier alpha value is -0.740. The van der Waals surface area contributed by atoms with Gasteiger partial charge in [-0.3, -0.25) is 0 Å². The van der Waals surface area contributed by atoms with E-state index in [1.165, 1.54) is 0 Å². The molecule has 2 rings (SSSR count). The fourth-order valence-electron chi connectivity index (χ4n) is 1.98. The molecule has 2 unspecified atom stereocenters. The van der Waals surface area contributed by atoms with E-state index >= 15 is 0 Å². The van der Waals surface area contributed by atoms with E-state index < -0.39 is 0 Å². The summed E-state index contributed by atoms with van der Waals surface area (Å²) in [6.45, 7) is 3.91. The lowest BCUT2D eigenvalue weighted by Gasteiger charge is -2.21. The molecule has 1 aliphatic rings. The monoisotopic (exact) mass is 284 g/mol. The third kappa shape index (κ3) is 2.68. The van der Waals surface area contributed by atoms with E-state index in [1.54, 1.807) is 0 Å². The van der Waals surface area contributed by atoms with E-state index in [0.717, 1.165) is 35.5 Å². The van der Waals surface area contributed by atoms with Crippen LogP contribution < -0.4 is 11.1 Å². The van der Waals surface area contributed by atoms with Crippen molar-refractivity contribution >= 4 is 27.3 Å². The van der Waals surface area contributed by atoms with Crippen molar-refractivity contribution in [1.29, 1.82) is 0 Å². The van der Waals surface area contributed by atoms with Crippen molar-refractivity contribution in [3.63, 3.8) is 0 Å². The van der Waals surface area contributed by atoms with Gasteiger partial charge in [0.05, 0.1) is 18.0 Å². The largest absolute Gasteiger partial charge is 0.397 e. The van der Waals surface area contributed by atoms with Crippen molar-refractivity contribution in [2.24, 2.45) is 5.92 Å². The summed E-state index contributed by atoms with van der Waals surface area (Å²) >= 11 is 3.40. The highest BCUT2D eigenvalue weighted by molar-refractivity contribution is 9.10. The zero-order valence-electron chi connectivity index (χ0n) is 9.37. The van der Waals surface area contributed by atoms with E-state index in [9.17, 15) is 0 Å². The number of benzene rings is 1. The van der Waals surface area contributed by atoms with Crippen LogP contribution in [0, 0.1) is 5.92 Å². The standard InChI is InChI=1S/C12H17BrN2O/c1-8(9-4-5-16-7-9)15-12-3-2-10(13)6-11(12)14/h2-3,6,8-9,15H,4-5,7,14H2,1H3. The molecule has 2 atom stereocenters. The van der Waals surface area contributed by atoms with E-state index in [1.807, 2.05) is 18.2 Å². The Morgan fingerprint density at radius 3 is 3.00 bits per heavy atom. The first-order valence-electron chi connectivity index (χ1n) is 5.56. The summed E-state index contributed by atoms with van der Waals surface area (Å²) < 4.78 is 6.39. The van der Waals surface area contributed by atoms with Crippen molar-refractivity contribution in [2.45, 2.75) is 19.4 Å². The van der Waals surface area contributed by atoms with Crippen LogP contribution in [0.1, 0.15) is 13.3 Å². The Morgan fingerprint density at radius 2 is 2.38 bits per heavy atom. The maximum atomic E-state index is 5.94. The molecular weight excluding hydrogens is 268 g/mol. The molecule has 0 spiro atoms. The Morgan fingerprint density at radius 1 is 1.56 bits per heavy atom. The van der Waals surface area contributed by atoms with Gasteiger partial charge in [-0.25, -0.2) is 0 Å². The van der Waals surface area contributed by atoms with Crippen molar-refractivity contribution in [3.05, 3.63) is 22.7 Å². The molecule has 0 saturated carbocycles. The van der Waals surface area contributed by atoms with Gasteiger partial charge in [0.1, 0.15) is 0 Å². The number of rotatable bonds is 3. The van der Waals surface area contributed by atoms with Gasteiger partial charge in [-0.1, -0.05) is 15.9 Å². The first-order chi connectivity index (χ1) is 7.66. The predicted molar refractivity (Wildman–Crippen MR) is 70.6 cm³/mol. The fourth-order valence-corrected chi connectivity index (χ4v) is 2.35. The normalized spacial score (nSPS) is 22.0. The summed E-state index contributed by atoms with van der Waals surface area (Å²) in [4.78, 5) is 0. The Labute approximate surface area is 104 Å². The fraction of sp³-hybridized carbons (Fsp3) is 0.500. The third-order valence-corrected chi connectivity index (χ3v) is 3.56. The molecule has 0 aromatic heterocycles. The minimum absolute atomic E-state index is 0.394. The van der Waals surface area contributed by atoms with E-state index in [2.05, 4.69) is 28.2 Å². The number of nitrogens with one attached hydrogen (secondary N) is 1. The smallest absolute Gasteiger partial charge is 0.0576 e. The van der Waals surface area contributed by atoms with Gasteiger partial charge in [-0.15, -0.1) is 0 Å². The lowest BCUT2D eigenvalue weighted by atomic mass is 10.0. The molecule has 3 N–H and O–H groups in total. The summed E-state index contributed by atoms with van der Waals surface area (Å²) in [5.41, 5.74) is 7.72. The van der Waals surface area contributed by atoms with Gasteiger partial charge < -0.3 is 15.8 Å². The maximum Gasteiger partial charge on any atom is 0.0576 e. The molecule has 1 heterocycles. The van der Waals surface area contributed by atoms with Crippen LogP contribution in [0.4, 0.5) is 11.4 Å². The van der Waals surface area contributed by atoms with Crippen LogP contribution in [0.5, 0.6) is 0 Å². The van der Waals surface area contributed by atoms with Gasteiger partial charge in [-0.2, -0.15) is 0 Å². The first kappa shape index (κ1) is 11.7. The van der Waals surface area contributed by atoms with Crippen LogP contribution in [-0.4, -0.2) is 19.3 Å². The highest BCUT2D eigenvalue weighted by atomic mass is 79.9. The Kier molecular flexibility index (Phi) is 3.71. The number of nitrogen functional groups attached to an aromatic ring is 1. The lowest BCUT2D eigenvalue weighted by Crippen LogP contribution is -2.26. The van der Waals surface area contributed by atoms with Gasteiger partial charge >= 0.3 is 0 Å². The molecule has 88 valence electrons. The predicted octanol–water partition coefficient (Wildman–Crippen LogP) is 2.87. The molecule has 1 fully saturated rings. The lowest BCUT2D eigenvalue weighted by molar-refractivity contribution is 0.183. The minimum Gasteiger partial charge on any atom is -0.397 e. The van der Waals surface area contributed by atoms with E-state index in [4.69, 9.17) is 10.5 Å². The third-order valence-electron chi connectivity index (χ3n) is 3.07. The number of ether oxygens (including phenoxy) is 1. The second-order valence-electron chi connectivity index (χ2n) is 4.29. The van der Waals surface area contributed by atoms with Gasteiger partial charge in [-0.05, 0) is 31.5 Å². The summed E-state index contributed by atoms with van der Waals surface area (Å²) in [6, 6.07) is 6.31. The number of halogens is 1. The van der Waals surface area contributed by atoms with Crippen LogP contribution in [0.25, 0.3) is 0 Å². The van der Waals surface area contributed by atoms with Crippen LogP contribution in [0.2, 0.25) is 0 Å². The second kappa shape index (κ2) is 5.06. The number of anilines is 2. The van der Waals surface area contributed by atoms with Crippen molar-refractivity contribution in [1.82, 2.24) is 0 Å². The quantitative estimate of drug-likeness (QED) is 0.839. The molecule has 1 aliphatic heterocycles. The highest BCUT2D eigenvalue weighted by Crippen LogP contribution is 2.26. The molecule has 4 heteroatoms. The maximum absolute atomic E-state index is 5.94.